The van der Waals surface area contributed by atoms with Crippen LogP contribution in [-0.4, -0.2) is 41.0 Å². The number of carbonyl (C=O) groups is 2. The highest BCUT2D eigenvalue weighted by atomic mass is 16.3. The Morgan fingerprint density at radius 3 is 2.79 bits per heavy atom. The van der Waals surface area contributed by atoms with E-state index in [1.54, 1.807) is 4.90 Å². The number of rotatable bonds is 5. The van der Waals surface area contributed by atoms with E-state index < -0.39 is 0 Å². The Morgan fingerprint density at radius 2 is 2.04 bits per heavy atom. The van der Waals surface area contributed by atoms with Gasteiger partial charge >= 0.3 is 0 Å². The van der Waals surface area contributed by atoms with Crippen LogP contribution in [0.1, 0.15) is 37.7 Å². The summed E-state index contributed by atoms with van der Waals surface area (Å²) < 4.78 is 0. The fraction of sp³-hybridized carbons (Fsp3) is 0.579. The van der Waals surface area contributed by atoms with Gasteiger partial charge in [-0.2, -0.15) is 0 Å². The Balaban J connectivity index is 1.47. The molecule has 3 unspecified atom stereocenters. The lowest BCUT2D eigenvalue weighted by atomic mass is 9.87. The van der Waals surface area contributed by atoms with E-state index in [1.807, 2.05) is 30.3 Å². The second-order valence-electron chi connectivity index (χ2n) is 7.09. The number of hydrogen-bond donors (Lipinski definition) is 2. The first-order valence-electron chi connectivity index (χ1n) is 8.89. The lowest BCUT2D eigenvalue weighted by Crippen LogP contribution is -2.37. The Bertz CT molecular complexity index is 575. The number of carbonyl (C=O) groups excluding carboxylic acids is 2. The number of amides is 2. The van der Waals surface area contributed by atoms with Gasteiger partial charge in [0.05, 0.1) is 12.0 Å². The summed E-state index contributed by atoms with van der Waals surface area (Å²) in [5, 5.41) is 12.7. The number of nitrogens with one attached hydrogen (secondary N) is 1. The predicted octanol–water partition coefficient (Wildman–Crippen LogP) is 1.70. The first-order chi connectivity index (χ1) is 11.6. The molecule has 24 heavy (non-hydrogen) atoms. The SMILES string of the molecule is O=C(NCC1CCCC(O)C1)C1CC(=O)N(Cc2ccccc2)C1. The zero-order chi connectivity index (χ0) is 16.9. The minimum atomic E-state index is -0.255. The van der Waals surface area contributed by atoms with E-state index in [0.29, 0.717) is 32.0 Å². The van der Waals surface area contributed by atoms with Gasteiger partial charge in [0.1, 0.15) is 0 Å². The van der Waals surface area contributed by atoms with E-state index in [2.05, 4.69) is 5.32 Å². The molecule has 1 aliphatic heterocycles. The molecule has 5 nitrogen and oxygen atoms in total. The third-order valence-corrected chi connectivity index (χ3v) is 5.12. The van der Waals surface area contributed by atoms with E-state index in [1.165, 1.54) is 0 Å². The zero-order valence-corrected chi connectivity index (χ0v) is 14.0. The number of hydrogen-bond acceptors (Lipinski definition) is 3. The van der Waals surface area contributed by atoms with Crippen LogP contribution in [0.25, 0.3) is 0 Å². The highest BCUT2D eigenvalue weighted by Crippen LogP contribution is 2.24. The third-order valence-electron chi connectivity index (χ3n) is 5.12. The van der Waals surface area contributed by atoms with Crippen molar-refractivity contribution >= 4 is 11.8 Å². The van der Waals surface area contributed by atoms with Gasteiger partial charge in [-0.3, -0.25) is 9.59 Å². The quantitative estimate of drug-likeness (QED) is 0.863. The van der Waals surface area contributed by atoms with Crippen LogP contribution >= 0.6 is 0 Å². The van der Waals surface area contributed by atoms with E-state index in [0.717, 1.165) is 31.2 Å². The number of aliphatic hydroxyl groups is 1. The normalized spacial score (nSPS) is 27.3. The second-order valence-corrected chi connectivity index (χ2v) is 7.09. The van der Waals surface area contributed by atoms with Crippen LogP contribution in [0.15, 0.2) is 30.3 Å². The zero-order valence-electron chi connectivity index (χ0n) is 14.0. The molecule has 1 saturated heterocycles. The van der Waals surface area contributed by atoms with Gasteiger partial charge < -0.3 is 15.3 Å². The number of aliphatic hydroxyl groups excluding tert-OH is 1. The summed E-state index contributed by atoms with van der Waals surface area (Å²) in [7, 11) is 0. The average molecular weight is 330 g/mol. The van der Waals surface area contributed by atoms with Gasteiger partial charge in [0.2, 0.25) is 11.8 Å². The summed E-state index contributed by atoms with van der Waals surface area (Å²) >= 11 is 0. The maximum Gasteiger partial charge on any atom is 0.225 e. The highest BCUT2D eigenvalue weighted by molar-refractivity contribution is 5.89. The van der Waals surface area contributed by atoms with Gasteiger partial charge in [-0.15, -0.1) is 0 Å². The topological polar surface area (TPSA) is 69.6 Å². The molecular weight excluding hydrogens is 304 g/mol. The molecule has 0 bridgehead atoms. The van der Waals surface area contributed by atoms with Gasteiger partial charge in [-0.05, 0) is 30.7 Å². The molecule has 2 amide bonds. The van der Waals surface area contributed by atoms with Crippen molar-refractivity contribution in [1.29, 1.82) is 0 Å². The molecule has 1 saturated carbocycles. The molecule has 2 aliphatic rings. The van der Waals surface area contributed by atoms with E-state index >= 15 is 0 Å². The minimum absolute atomic E-state index is 0.0287. The van der Waals surface area contributed by atoms with Crippen LogP contribution in [0.3, 0.4) is 0 Å². The summed E-state index contributed by atoms with van der Waals surface area (Å²) in [4.78, 5) is 26.3. The fourth-order valence-corrected chi connectivity index (χ4v) is 3.74. The Hall–Kier alpha value is -1.88. The number of likely N-dealkylation sites (tertiary alicyclic amines) is 1. The number of nitrogens with zero attached hydrogens (tertiary/aromatic N) is 1. The second kappa shape index (κ2) is 7.79. The maximum atomic E-state index is 12.4. The van der Waals surface area contributed by atoms with Crippen LogP contribution in [0.2, 0.25) is 0 Å². The van der Waals surface area contributed by atoms with Crippen molar-refractivity contribution in [3.63, 3.8) is 0 Å². The van der Waals surface area contributed by atoms with Crippen LogP contribution in [0.5, 0.6) is 0 Å². The first-order valence-corrected chi connectivity index (χ1v) is 8.89. The van der Waals surface area contributed by atoms with Crippen molar-refractivity contribution < 1.29 is 14.7 Å². The van der Waals surface area contributed by atoms with E-state index in [4.69, 9.17) is 0 Å². The smallest absolute Gasteiger partial charge is 0.225 e. The first kappa shape index (κ1) is 17.0. The lowest BCUT2D eigenvalue weighted by molar-refractivity contribution is -0.129. The molecule has 5 heteroatoms. The third kappa shape index (κ3) is 4.35. The van der Waals surface area contributed by atoms with E-state index in [-0.39, 0.29) is 23.8 Å². The van der Waals surface area contributed by atoms with Crippen molar-refractivity contribution in [2.75, 3.05) is 13.1 Å². The molecule has 2 N–H and O–H groups in total. The molecule has 1 aromatic carbocycles. The van der Waals surface area contributed by atoms with Crippen LogP contribution in [0, 0.1) is 11.8 Å². The molecule has 0 radical (unpaired) electrons. The van der Waals surface area contributed by atoms with Crippen molar-refractivity contribution in [3.8, 4) is 0 Å². The molecule has 1 heterocycles. The standard InChI is InChI=1S/C19H26N2O3/c22-17-8-4-7-15(9-17)11-20-19(24)16-10-18(23)21(13-16)12-14-5-2-1-3-6-14/h1-3,5-6,15-17,22H,4,7-13H2,(H,20,24). The monoisotopic (exact) mass is 330 g/mol. The number of benzene rings is 1. The largest absolute Gasteiger partial charge is 0.393 e. The van der Waals surface area contributed by atoms with Gasteiger partial charge in [0.25, 0.3) is 0 Å². The van der Waals surface area contributed by atoms with Crippen molar-refractivity contribution in [2.24, 2.45) is 11.8 Å². The lowest BCUT2D eigenvalue weighted by Gasteiger charge is -2.26. The van der Waals surface area contributed by atoms with Gasteiger partial charge in [0, 0.05) is 26.1 Å². The Morgan fingerprint density at radius 1 is 1.25 bits per heavy atom. The molecule has 2 fully saturated rings. The summed E-state index contributed by atoms with van der Waals surface area (Å²) in [6.45, 7) is 1.67. The molecule has 0 aromatic heterocycles. The minimum Gasteiger partial charge on any atom is -0.393 e. The van der Waals surface area contributed by atoms with Gasteiger partial charge in [-0.25, -0.2) is 0 Å². The van der Waals surface area contributed by atoms with Crippen molar-refractivity contribution in [3.05, 3.63) is 35.9 Å². The van der Waals surface area contributed by atoms with E-state index in [9.17, 15) is 14.7 Å². The van der Waals surface area contributed by atoms with Crippen molar-refractivity contribution in [1.82, 2.24) is 10.2 Å². The van der Waals surface area contributed by atoms with Gasteiger partial charge in [0.15, 0.2) is 0 Å². The molecule has 3 rings (SSSR count). The summed E-state index contributed by atoms with van der Waals surface area (Å²) in [6, 6.07) is 9.86. The van der Waals surface area contributed by atoms with Crippen LogP contribution in [-0.2, 0) is 16.1 Å². The maximum absolute atomic E-state index is 12.4. The molecule has 1 aromatic rings. The Kier molecular flexibility index (Phi) is 5.51. The molecule has 0 spiro atoms. The fourth-order valence-electron chi connectivity index (χ4n) is 3.74. The molecule has 3 atom stereocenters. The summed E-state index contributed by atoms with van der Waals surface area (Å²) in [6.07, 6.45) is 3.79. The Labute approximate surface area is 143 Å². The average Bonchev–Trinajstić information content (AvgIpc) is 2.95. The summed E-state index contributed by atoms with van der Waals surface area (Å²) in [5.74, 6) is 0.121. The predicted molar refractivity (Wildman–Crippen MR) is 90.9 cm³/mol. The summed E-state index contributed by atoms with van der Waals surface area (Å²) in [5.41, 5.74) is 1.09. The molecule has 130 valence electrons. The van der Waals surface area contributed by atoms with Crippen LogP contribution < -0.4 is 5.32 Å². The van der Waals surface area contributed by atoms with Crippen LogP contribution in [0.4, 0.5) is 0 Å². The van der Waals surface area contributed by atoms with Gasteiger partial charge in [-0.1, -0.05) is 36.8 Å². The van der Waals surface area contributed by atoms with Crippen molar-refractivity contribution in [2.45, 2.75) is 44.8 Å². The molecule has 1 aliphatic carbocycles. The molecular formula is C19H26N2O3. The highest BCUT2D eigenvalue weighted by Gasteiger charge is 2.34.